The van der Waals surface area contributed by atoms with Gasteiger partial charge in [0.1, 0.15) is 11.8 Å². The van der Waals surface area contributed by atoms with Crippen LogP contribution in [0, 0.1) is 25.2 Å². The highest BCUT2D eigenvalue weighted by Gasteiger charge is 2.30. The van der Waals surface area contributed by atoms with E-state index in [4.69, 9.17) is 5.26 Å². The van der Waals surface area contributed by atoms with Gasteiger partial charge in [0, 0.05) is 12.7 Å². The molecule has 0 aromatic carbocycles. The van der Waals surface area contributed by atoms with E-state index in [0.29, 0.717) is 23.5 Å². The van der Waals surface area contributed by atoms with Gasteiger partial charge >= 0.3 is 0 Å². The summed E-state index contributed by atoms with van der Waals surface area (Å²) < 4.78 is 1.89. The number of likely N-dealkylation sites (tertiary alicyclic amines) is 1. The summed E-state index contributed by atoms with van der Waals surface area (Å²) in [5.74, 6) is -0.0658. The van der Waals surface area contributed by atoms with Gasteiger partial charge in [0.05, 0.1) is 30.0 Å². The van der Waals surface area contributed by atoms with Gasteiger partial charge in [-0.3, -0.25) is 9.48 Å². The second-order valence-corrected chi connectivity index (χ2v) is 5.98. The molecule has 0 unspecified atom stereocenters. The van der Waals surface area contributed by atoms with Crippen LogP contribution in [0.1, 0.15) is 40.2 Å². The van der Waals surface area contributed by atoms with Gasteiger partial charge in [-0.2, -0.15) is 10.4 Å². The molecule has 1 aliphatic rings. The smallest absolute Gasteiger partial charge is 0.272 e. The quantitative estimate of drug-likeness (QED) is 0.870. The Kier molecular flexibility index (Phi) is 4.11. The van der Waals surface area contributed by atoms with E-state index >= 15 is 0 Å². The maximum absolute atomic E-state index is 12.8. The van der Waals surface area contributed by atoms with Crippen LogP contribution in [0.25, 0.3) is 0 Å². The molecule has 6 heteroatoms. The molecule has 6 nitrogen and oxygen atoms in total. The highest BCUT2D eigenvalue weighted by atomic mass is 16.2. The van der Waals surface area contributed by atoms with E-state index in [0.717, 1.165) is 24.9 Å². The molecule has 118 valence electrons. The van der Waals surface area contributed by atoms with Crippen molar-refractivity contribution in [1.82, 2.24) is 19.7 Å². The second kappa shape index (κ2) is 6.21. The summed E-state index contributed by atoms with van der Waals surface area (Å²) in [6, 6.07) is 5.52. The molecule has 0 aliphatic carbocycles. The van der Waals surface area contributed by atoms with Crippen LogP contribution in [-0.4, -0.2) is 38.2 Å². The third-order valence-electron chi connectivity index (χ3n) is 4.22. The largest absolute Gasteiger partial charge is 0.332 e. The maximum atomic E-state index is 12.8. The Morgan fingerprint density at radius 1 is 1.43 bits per heavy atom. The van der Waals surface area contributed by atoms with Crippen LogP contribution < -0.4 is 0 Å². The number of carbonyl (C=O) groups is 1. The molecule has 1 fully saturated rings. The highest BCUT2D eigenvalue weighted by molar-refractivity contribution is 5.92. The molecule has 0 saturated carbocycles. The number of rotatable bonds is 3. The fraction of sp³-hybridized carbons (Fsp3) is 0.412. The van der Waals surface area contributed by atoms with Crippen LogP contribution in [-0.2, 0) is 6.54 Å². The topological polar surface area (TPSA) is 74.8 Å². The van der Waals surface area contributed by atoms with Crippen molar-refractivity contribution in [2.24, 2.45) is 0 Å². The monoisotopic (exact) mass is 309 g/mol. The lowest BCUT2D eigenvalue weighted by Crippen LogP contribution is -2.38. The Labute approximate surface area is 135 Å². The van der Waals surface area contributed by atoms with Crippen LogP contribution in [0.2, 0.25) is 0 Å². The first-order valence-electron chi connectivity index (χ1n) is 7.76. The minimum absolute atomic E-state index is 0.0658. The normalized spacial score (nSPS) is 17.3. The van der Waals surface area contributed by atoms with Crippen molar-refractivity contribution in [3.63, 3.8) is 0 Å². The molecule has 3 rings (SSSR count). The van der Waals surface area contributed by atoms with E-state index in [1.54, 1.807) is 19.1 Å². The van der Waals surface area contributed by atoms with Crippen LogP contribution in [0.15, 0.2) is 24.5 Å². The van der Waals surface area contributed by atoms with Gasteiger partial charge in [-0.05, 0) is 44.4 Å². The minimum atomic E-state index is -0.0658. The molecule has 1 saturated heterocycles. The first-order valence-corrected chi connectivity index (χ1v) is 7.76. The van der Waals surface area contributed by atoms with E-state index < -0.39 is 0 Å². The van der Waals surface area contributed by atoms with E-state index in [9.17, 15) is 4.79 Å². The third kappa shape index (κ3) is 3.09. The first kappa shape index (κ1) is 15.2. The van der Waals surface area contributed by atoms with Gasteiger partial charge in [0.15, 0.2) is 0 Å². The molecule has 2 aromatic rings. The third-order valence-corrected chi connectivity index (χ3v) is 4.22. The molecular weight excluding hydrogens is 290 g/mol. The molecule has 1 aliphatic heterocycles. The van der Waals surface area contributed by atoms with Crippen molar-refractivity contribution in [1.29, 1.82) is 5.26 Å². The molecule has 1 amide bonds. The minimum Gasteiger partial charge on any atom is -0.332 e. The molecule has 0 bridgehead atoms. The lowest BCUT2D eigenvalue weighted by atomic mass is 10.2. The summed E-state index contributed by atoms with van der Waals surface area (Å²) in [5.41, 5.74) is 2.62. The Hall–Kier alpha value is -2.68. The van der Waals surface area contributed by atoms with Crippen molar-refractivity contribution in [3.8, 4) is 6.07 Å². The molecule has 0 N–H and O–H groups in total. The maximum Gasteiger partial charge on any atom is 0.272 e. The second-order valence-electron chi connectivity index (χ2n) is 5.98. The average Bonchev–Trinajstić information content (AvgIpc) is 3.16. The fourth-order valence-corrected chi connectivity index (χ4v) is 3.02. The number of nitriles is 1. The summed E-state index contributed by atoms with van der Waals surface area (Å²) in [6.45, 7) is 5.20. The van der Waals surface area contributed by atoms with E-state index in [1.165, 1.54) is 0 Å². The Morgan fingerprint density at radius 2 is 2.26 bits per heavy atom. The number of carbonyl (C=O) groups excluding carboxylic acids is 1. The summed E-state index contributed by atoms with van der Waals surface area (Å²) in [4.78, 5) is 18.9. The number of hydrogen-bond donors (Lipinski definition) is 0. The zero-order valence-electron chi connectivity index (χ0n) is 13.4. The molecule has 1 atom stereocenters. The standard InChI is InChI=1S/C17H19N5O/c1-12-9-19-21(10-12)11-15-4-3-7-22(15)17(23)16-6-5-14(8-18)13(2)20-16/h5-6,9-10,15H,3-4,7,11H2,1-2H3/t15-/m1/s1. The number of nitrogens with zero attached hydrogens (tertiary/aromatic N) is 5. The van der Waals surface area contributed by atoms with Crippen LogP contribution in [0.5, 0.6) is 0 Å². The zero-order valence-corrected chi connectivity index (χ0v) is 13.4. The van der Waals surface area contributed by atoms with Gasteiger partial charge in [-0.1, -0.05) is 0 Å². The lowest BCUT2D eigenvalue weighted by molar-refractivity contribution is 0.0715. The number of hydrogen-bond acceptors (Lipinski definition) is 4. The van der Waals surface area contributed by atoms with E-state index in [1.807, 2.05) is 28.9 Å². The predicted molar refractivity (Wildman–Crippen MR) is 84.7 cm³/mol. The first-order chi connectivity index (χ1) is 11.1. The fourth-order valence-electron chi connectivity index (χ4n) is 3.02. The van der Waals surface area contributed by atoms with Crippen LogP contribution in [0.4, 0.5) is 0 Å². The molecule has 0 spiro atoms. The van der Waals surface area contributed by atoms with Crippen molar-refractivity contribution >= 4 is 5.91 Å². The molecule has 0 radical (unpaired) electrons. The van der Waals surface area contributed by atoms with Gasteiger partial charge in [0.2, 0.25) is 0 Å². The van der Waals surface area contributed by atoms with Gasteiger partial charge in [-0.25, -0.2) is 4.98 Å². The number of aromatic nitrogens is 3. The molecule has 2 aromatic heterocycles. The number of pyridine rings is 1. The Balaban J connectivity index is 1.78. The Bertz CT molecular complexity index is 774. The van der Waals surface area contributed by atoms with Crippen LogP contribution >= 0.6 is 0 Å². The van der Waals surface area contributed by atoms with Crippen molar-refractivity contribution in [2.45, 2.75) is 39.3 Å². The summed E-state index contributed by atoms with van der Waals surface area (Å²) in [6.07, 6.45) is 5.78. The molecule has 3 heterocycles. The molecule has 23 heavy (non-hydrogen) atoms. The van der Waals surface area contributed by atoms with Crippen molar-refractivity contribution < 1.29 is 4.79 Å². The highest BCUT2D eigenvalue weighted by Crippen LogP contribution is 2.21. The van der Waals surface area contributed by atoms with E-state index in [-0.39, 0.29) is 11.9 Å². The van der Waals surface area contributed by atoms with Gasteiger partial charge in [0.25, 0.3) is 5.91 Å². The van der Waals surface area contributed by atoms with Crippen molar-refractivity contribution in [3.05, 3.63) is 47.0 Å². The van der Waals surface area contributed by atoms with Gasteiger partial charge < -0.3 is 4.90 Å². The summed E-state index contributed by atoms with van der Waals surface area (Å²) >= 11 is 0. The average molecular weight is 309 g/mol. The molecular formula is C17H19N5O. The lowest BCUT2D eigenvalue weighted by Gasteiger charge is -2.24. The SMILES string of the molecule is Cc1cnn(C[C@H]2CCCN2C(=O)c2ccc(C#N)c(C)n2)c1. The predicted octanol–water partition coefficient (Wildman–Crippen LogP) is 2.07. The van der Waals surface area contributed by atoms with E-state index in [2.05, 4.69) is 16.2 Å². The van der Waals surface area contributed by atoms with Gasteiger partial charge in [-0.15, -0.1) is 0 Å². The van der Waals surface area contributed by atoms with Crippen molar-refractivity contribution in [2.75, 3.05) is 6.54 Å². The number of aryl methyl sites for hydroxylation is 2. The summed E-state index contributed by atoms with van der Waals surface area (Å²) in [7, 11) is 0. The summed E-state index contributed by atoms with van der Waals surface area (Å²) in [5, 5.41) is 13.3. The number of amides is 1. The zero-order chi connectivity index (χ0) is 16.4. The Morgan fingerprint density at radius 3 is 2.91 bits per heavy atom. The van der Waals surface area contributed by atoms with Crippen LogP contribution in [0.3, 0.4) is 0 Å².